The minimum Gasteiger partial charge on any atom is -0.378 e. The van der Waals surface area contributed by atoms with Crippen molar-refractivity contribution in [3.8, 4) is 0 Å². The van der Waals surface area contributed by atoms with Crippen molar-refractivity contribution in [2.24, 2.45) is 0 Å². The Kier molecular flexibility index (Phi) is 6.16. The number of hydrogen-bond acceptors (Lipinski definition) is 4. The van der Waals surface area contributed by atoms with Crippen LogP contribution in [0.3, 0.4) is 0 Å². The normalized spacial score (nSPS) is 18.0. The van der Waals surface area contributed by atoms with Gasteiger partial charge in [-0.15, -0.1) is 0 Å². The van der Waals surface area contributed by atoms with Crippen LogP contribution in [-0.4, -0.2) is 50.7 Å². The third kappa shape index (κ3) is 5.11. The predicted octanol–water partition coefficient (Wildman–Crippen LogP) is 0.284. The van der Waals surface area contributed by atoms with Crippen molar-refractivity contribution in [2.45, 2.75) is 6.04 Å². The minimum absolute atomic E-state index is 0.105. The number of halogens is 1. The molecule has 2 amide bonds. The van der Waals surface area contributed by atoms with Crippen molar-refractivity contribution in [3.63, 3.8) is 0 Å². The summed E-state index contributed by atoms with van der Waals surface area (Å²) in [6, 6.07) is 6.84. The number of carbonyl (C=O) groups is 2. The van der Waals surface area contributed by atoms with E-state index in [1.54, 1.807) is 18.2 Å². The Balaban J connectivity index is 1.67. The van der Waals surface area contributed by atoms with E-state index in [1.165, 1.54) is 0 Å². The zero-order chi connectivity index (χ0) is 15.1. The maximum atomic E-state index is 11.9. The van der Waals surface area contributed by atoms with Gasteiger partial charge in [-0.2, -0.15) is 0 Å². The highest BCUT2D eigenvalue weighted by Crippen LogP contribution is 2.11. The van der Waals surface area contributed by atoms with Gasteiger partial charge in [0, 0.05) is 29.7 Å². The zero-order valence-electron chi connectivity index (χ0n) is 11.5. The van der Waals surface area contributed by atoms with Crippen LogP contribution in [0.25, 0.3) is 0 Å². The standard InChI is InChI=1S/C14H18BrN3O3/c15-11-3-1-2-10(8-11)13(19)17-4-5-18-14(20)12-9-21-7-6-16-12/h1-3,8,12,16H,4-7,9H2,(H,17,19)(H,18,20). The number of amides is 2. The molecule has 3 N–H and O–H groups in total. The summed E-state index contributed by atoms with van der Waals surface area (Å²) in [6.45, 7) is 2.46. The molecule has 1 fully saturated rings. The van der Waals surface area contributed by atoms with E-state index in [4.69, 9.17) is 4.74 Å². The summed E-state index contributed by atoms with van der Waals surface area (Å²) in [5.41, 5.74) is 0.582. The molecule has 0 bridgehead atoms. The molecule has 1 aliphatic heterocycles. The molecule has 114 valence electrons. The number of hydrogen-bond donors (Lipinski definition) is 3. The van der Waals surface area contributed by atoms with Gasteiger partial charge in [-0.3, -0.25) is 9.59 Å². The first-order chi connectivity index (χ1) is 10.2. The lowest BCUT2D eigenvalue weighted by atomic mass is 10.2. The highest BCUT2D eigenvalue weighted by Gasteiger charge is 2.20. The summed E-state index contributed by atoms with van der Waals surface area (Å²) in [6.07, 6.45) is 0. The molecule has 1 heterocycles. The molecule has 1 unspecified atom stereocenters. The second kappa shape index (κ2) is 8.11. The molecule has 1 aromatic rings. The lowest BCUT2D eigenvalue weighted by molar-refractivity contribution is -0.125. The van der Waals surface area contributed by atoms with E-state index < -0.39 is 0 Å². The van der Waals surface area contributed by atoms with Crippen LogP contribution in [0, 0.1) is 0 Å². The Morgan fingerprint density at radius 3 is 2.86 bits per heavy atom. The molecule has 0 radical (unpaired) electrons. The number of ether oxygens (including phenoxy) is 1. The Labute approximate surface area is 131 Å². The van der Waals surface area contributed by atoms with Gasteiger partial charge < -0.3 is 20.7 Å². The third-order valence-electron chi connectivity index (χ3n) is 3.03. The van der Waals surface area contributed by atoms with Crippen LogP contribution < -0.4 is 16.0 Å². The van der Waals surface area contributed by atoms with Gasteiger partial charge in [0.05, 0.1) is 13.2 Å². The summed E-state index contributed by atoms with van der Waals surface area (Å²) in [7, 11) is 0. The van der Waals surface area contributed by atoms with Crippen molar-refractivity contribution in [1.29, 1.82) is 0 Å². The molecule has 1 atom stereocenters. The fourth-order valence-corrected chi connectivity index (χ4v) is 2.35. The van der Waals surface area contributed by atoms with Crippen LogP contribution in [0.15, 0.2) is 28.7 Å². The van der Waals surface area contributed by atoms with Crippen LogP contribution in [-0.2, 0) is 9.53 Å². The van der Waals surface area contributed by atoms with Gasteiger partial charge in [0.1, 0.15) is 6.04 Å². The van der Waals surface area contributed by atoms with E-state index in [-0.39, 0.29) is 17.9 Å². The molecule has 2 rings (SSSR count). The monoisotopic (exact) mass is 355 g/mol. The van der Waals surface area contributed by atoms with Crippen molar-refractivity contribution in [2.75, 3.05) is 32.8 Å². The lowest BCUT2D eigenvalue weighted by Crippen LogP contribution is -2.52. The molecule has 0 aliphatic carbocycles. The van der Waals surface area contributed by atoms with Crippen LogP contribution in [0.4, 0.5) is 0 Å². The van der Waals surface area contributed by atoms with Gasteiger partial charge in [-0.25, -0.2) is 0 Å². The molecule has 1 aliphatic rings. The molecule has 6 nitrogen and oxygen atoms in total. The van der Waals surface area contributed by atoms with E-state index in [2.05, 4.69) is 31.9 Å². The van der Waals surface area contributed by atoms with Crippen molar-refractivity contribution in [1.82, 2.24) is 16.0 Å². The van der Waals surface area contributed by atoms with Gasteiger partial charge in [-0.05, 0) is 18.2 Å². The van der Waals surface area contributed by atoms with Crippen molar-refractivity contribution < 1.29 is 14.3 Å². The van der Waals surface area contributed by atoms with E-state index >= 15 is 0 Å². The van der Waals surface area contributed by atoms with Crippen molar-refractivity contribution in [3.05, 3.63) is 34.3 Å². The number of nitrogens with one attached hydrogen (secondary N) is 3. The van der Waals surface area contributed by atoms with Crippen molar-refractivity contribution >= 4 is 27.7 Å². The summed E-state index contributed by atoms with van der Waals surface area (Å²) < 4.78 is 6.07. The minimum atomic E-state index is -0.306. The highest BCUT2D eigenvalue weighted by molar-refractivity contribution is 9.10. The Morgan fingerprint density at radius 2 is 2.14 bits per heavy atom. The SMILES string of the molecule is O=C(NCCNC(=O)C1COCCN1)c1cccc(Br)c1. The molecular formula is C14H18BrN3O3. The molecule has 0 aromatic heterocycles. The largest absolute Gasteiger partial charge is 0.378 e. The van der Waals surface area contributed by atoms with Crippen LogP contribution >= 0.6 is 15.9 Å². The summed E-state index contributed by atoms with van der Waals surface area (Å²) in [5, 5.41) is 8.59. The average Bonchev–Trinajstić information content (AvgIpc) is 2.52. The van der Waals surface area contributed by atoms with Gasteiger partial charge in [-0.1, -0.05) is 22.0 Å². The van der Waals surface area contributed by atoms with E-state index in [1.807, 2.05) is 6.07 Å². The predicted molar refractivity (Wildman–Crippen MR) is 82.1 cm³/mol. The van der Waals surface area contributed by atoms with Gasteiger partial charge in [0.25, 0.3) is 5.91 Å². The van der Waals surface area contributed by atoms with E-state index in [9.17, 15) is 9.59 Å². The smallest absolute Gasteiger partial charge is 0.251 e. The first-order valence-electron chi connectivity index (χ1n) is 6.79. The molecule has 1 aromatic carbocycles. The fourth-order valence-electron chi connectivity index (χ4n) is 1.95. The maximum absolute atomic E-state index is 11.9. The van der Waals surface area contributed by atoms with Crippen LogP contribution in [0.1, 0.15) is 10.4 Å². The second-order valence-electron chi connectivity index (χ2n) is 4.64. The number of rotatable bonds is 5. The topological polar surface area (TPSA) is 79.5 Å². The fraction of sp³-hybridized carbons (Fsp3) is 0.429. The van der Waals surface area contributed by atoms with Gasteiger partial charge in [0.2, 0.25) is 5.91 Å². The Morgan fingerprint density at radius 1 is 1.33 bits per heavy atom. The quantitative estimate of drug-likeness (QED) is 0.663. The first kappa shape index (κ1) is 15.9. The maximum Gasteiger partial charge on any atom is 0.251 e. The van der Waals surface area contributed by atoms with Crippen LogP contribution in [0.5, 0.6) is 0 Å². The highest BCUT2D eigenvalue weighted by atomic mass is 79.9. The Hall–Kier alpha value is -1.44. The molecule has 1 saturated heterocycles. The summed E-state index contributed by atoms with van der Waals surface area (Å²) in [4.78, 5) is 23.7. The zero-order valence-corrected chi connectivity index (χ0v) is 13.1. The molecule has 21 heavy (non-hydrogen) atoms. The molecule has 0 spiro atoms. The second-order valence-corrected chi connectivity index (χ2v) is 5.55. The van der Waals surface area contributed by atoms with Crippen LogP contribution in [0.2, 0.25) is 0 Å². The molecular weight excluding hydrogens is 338 g/mol. The molecule has 0 saturated carbocycles. The number of benzene rings is 1. The number of carbonyl (C=O) groups excluding carboxylic acids is 2. The Bertz CT molecular complexity index is 504. The van der Waals surface area contributed by atoms with Gasteiger partial charge in [0.15, 0.2) is 0 Å². The summed E-state index contributed by atoms with van der Waals surface area (Å²) in [5.74, 6) is -0.268. The molecule has 7 heteroatoms. The van der Waals surface area contributed by atoms with E-state index in [0.717, 1.165) is 4.47 Å². The average molecular weight is 356 g/mol. The van der Waals surface area contributed by atoms with E-state index in [0.29, 0.717) is 38.4 Å². The summed E-state index contributed by atoms with van der Waals surface area (Å²) >= 11 is 3.32. The first-order valence-corrected chi connectivity index (χ1v) is 7.59. The third-order valence-corrected chi connectivity index (χ3v) is 3.53. The lowest BCUT2D eigenvalue weighted by Gasteiger charge is -2.22. The number of morpholine rings is 1. The van der Waals surface area contributed by atoms with Gasteiger partial charge >= 0.3 is 0 Å².